The first-order valence-corrected chi connectivity index (χ1v) is 12.2. The number of aryl methyl sites for hydroxylation is 1. The van der Waals surface area contributed by atoms with Gasteiger partial charge in [0, 0.05) is 79.5 Å². The van der Waals surface area contributed by atoms with Crippen LogP contribution in [0.3, 0.4) is 0 Å². The number of rotatable bonds is 5. The molecule has 3 aromatic rings. The number of benzene rings is 1. The molecule has 2 atom stereocenters. The first-order chi connectivity index (χ1) is 17.4. The Morgan fingerprint density at radius 3 is 2.81 bits per heavy atom. The van der Waals surface area contributed by atoms with Gasteiger partial charge in [0.05, 0.1) is 12.2 Å². The number of nitrogens with one attached hydrogen (secondary N) is 2. The molecule has 1 saturated heterocycles. The number of carbonyl (C=O) groups excluding carboxylic acids is 1. The van der Waals surface area contributed by atoms with Gasteiger partial charge in [-0.1, -0.05) is 6.07 Å². The first-order valence-electron chi connectivity index (χ1n) is 12.2. The molecule has 8 nitrogen and oxygen atoms in total. The Hall–Kier alpha value is -3.37. The van der Waals surface area contributed by atoms with Crippen molar-refractivity contribution < 1.29 is 18.7 Å². The van der Waals surface area contributed by atoms with Crippen molar-refractivity contribution in [3.63, 3.8) is 0 Å². The highest BCUT2D eigenvalue weighted by atomic mass is 19.1. The molecule has 1 fully saturated rings. The molecule has 36 heavy (non-hydrogen) atoms. The van der Waals surface area contributed by atoms with Crippen molar-refractivity contribution >= 4 is 6.03 Å². The van der Waals surface area contributed by atoms with Crippen molar-refractivity contribution in [2.75, 3.05) is 26.2 Å². The molecule has 2 aliphatic heterocycles. The minimum Gasteiger partial charge on any atom is -0.396 e. The van der Waals surface area contributed by atoms with E-state index in [9.17, 15) is 18.7 Å². The van der Waals surface area contributed by atoms with Gasteiger partial charge in [0.2, 0.25) is 0 Å². The lowest BCUT2D eigenvalue weighted by molar-refractivity contribution is 0.0902. The number of hydrogen-bond donors (Lipinski definition) is 3. The lowest BCUT2D eigenvalue weighted by Crippen LogP contribution is -2.54. The molecule has 0 radical (unpaired) electrons. The lowest BCUT2D eigenvalue weighted by Gasteiger charge is -2.38. The lowest BCUT2D eigenvalue weighted by atomic mass is 9.94. The van der Waals surface area contributed by atoms with Crippen molar-refractivity contribution in [1.82, 2.24) is 30.3 Å². The molecule has 4 heterocycles. The van der Waals surface area contributed by atoms with Crippen molar-refractivity contribution in [3.05, 3.63) is 70.7 Å². The number of nitrogens with zero attached hydrogens (tertiary/aromatic N) is 4. The van der Waals surface area contributed by atoms with E-state index in [0.29, 0.717) is 39.0 Å². The third-order valence-electron chi connectivity index (χ3n) is 7.03. The molecule has 1 aromatic carbocycles. The predicted molar refractivity (Wildman–Crippen MR) is 130 cm³/mol. The summed E-state index contributed by atoms with van der Waals surface area (Å²) in [6, 6.07) is 7.27. The minimum absolute atomic E-state index is 0.00330. The molecular formula is C26H30F2N6O2. The summed E-state index contributed by atoms with van der Waals surface area (Å²) in [6.07, 6.45) is 3.02. The second kappa shape index (κ2) is 10.3. The van der Waals surface area contributed by atoms with Crippen molar-refractivity contribution in [2.45, 2.75) is 38.9 Å². The molecule has 0 aliphatic carbocycles. The Kier molecular flexibility index (Phi) is 6.97. The maximum Gasteiger partial charge on any atom is 0.317 e. The van der Waals surface area contributed by atoms with E-state index in [1.807, 2.05) is 24.0 Å². The van der Waals surface area contributed by atoms with Crippen LogP contribution in [0.4, 0.5) is 13.6 Å². The SMILES string of the molecule is Cc1cc(-c2n[nH]c3c2CN(C(=O)NC2CC(CO)CN(Cc4c(F)cccc4F)C2)CC3)ccn1. The number of amides is 2. The van der Waals surface area contributed by atoms with Gasteiger partial charge in [-0.25, -0.2) is 13.6 Å². The molecule has 2 amide bonds. The number of likely N-dealkylation sites (tertiary alicyclic amines) is 1. The van der Waals surface area contributed by atoms with Crippen LogP contribution in [0.2, 0.25) is 0 Å². The van der Waals surface area contributed by atoms with E-state index in [1.165, 1.54) is 18.2 Å². The Morgan fingerprint density at radius 1 is 1.25 bits per heavy atom. The molecule has 0 spiro atoms. The van der Waals surface area contributed by atoms with Gasteiger partial charge in [-0.15, -0.1) is 0 Å². The summed E-state index contributed by atoms with van der Waals surface area (Å²) in [5.41, 5.74) is 4.70. The van der Waals surface area contributed by atoms with E-state index in [-0.39, 0.29) is 36.7 Å². The molecule has 2 unspecified atom stereocenters. The van der Waals surface area contributed by atoms with Crippen LogP contribution in [-0.4, -0.2) is 68.4 Å². The van der Waals surface area contributed by atoms with E-state index >= 15 is 0 Å². The fraction of sp³-hybridized carbons (Fsp3) is 0.423. The van der Waals surface area contributed by atoms with Crippen molar-refractivity contribution in [2.24, 2.45) is 5.92 Å². The Balaban J connectivity index is 1.27. The molecule has 0 saturated carbocycles. The van der Waals surface area contributed by atoms with Gasteiger partial charge in [-0.05, 0) is 43.5 Å². The minimum atomic E-state index is -0.592. The third-order valence-corrected chi connectivity index (χ3v) is 7.03. The van der Waals surface area contributed by atoms with Crippen LogP contribution in [0.1, 0.15) is 28.9 Å². The van der Waals surface area contributed by atoms with Crippen LogP contribution < -0.4 is 5.32 Å². The number of piperidine rings is 1. The molecule has 10 heteroatoms. The summed E-state index contributed by atoms with van der Waals surface area (Å²) in [5, 5.41) is 20.5. The highest BCUT2D eigenvalue weighted by Gasteiger charge is 2.32. The van der Waals surface area contributed by atoms with Gasteiger partial charge in [-0.3, -0.25) is 15.0 Å². The summed E-state index contributed by atoms with van der Waals surface area (Å²) >= 11 is 0. The third kappa shape index (κ3) is 5.10. The standard InChI is InChI=1S/C26H30F2N6O2/c1-16-9-18(5-7-29-16)25-21-14-34(8-6-24(21)31-32-25)26(36)30-19-10-17(15-35)11-33(12-19)13-20-22(27)3-2-4-23(20)28/h2-5,7,9,17,19,35H,6,8,10-15H2,1H3,(H,30,36)(H,31,32). The van der Waals surface area contributed by atoms with Crippen LogP contribution in [0.15, 0.2) is 36.5 Å². The van der Waals surface area contributed by atoms with Gasteiger partial charge < -0.3 is 15.3 Å². The number of aromatic amines is 1. The van der Waals surface area contributed by atoms with E-state index in [4.69, 9.17) is 0 Å². The van der Waals surface area contributed by atoms with Crippen molar-refractivity contribution in [3.8, 4) is 11.3 Å². The normalized spacial score (nSPS) is 20.3. The largest absolute Gasteiger partial charge is 0.396 e. The number of carbonyl (C=O) groups is 1. The zero-order chi connectivity index (χ0) is 25.2. The first kappa shape index (κ1) is 24.3. The summed E-state index contributed by atoms with van der Waals surface area (Å²) in [4.78, 5) is 21.1. The fourth-order valence-electron chi connectivity index (χ4n) is 5.24. The Bertz CT molecular complexity index is 1230. The molecule has 3 N–H and O–H groups in total. The summed E-state index contributed by atoms with van der Waals surface area (Å²) in [5.74, 6) is -1.28. The van der Waals surface area contributed by atoms with Gasteiger partial charge in [0.1, 0.15) is 11.6 Å². The number of hydrogen-bond acceptors (Lipinski definition) is 5. The number of aromatic nitrogens is 3. The average Bonchev–Trinajstić information content (AvgIpc) is 3.29. The van der Waals surface area contributed by atoms with E-state index in [0.717, 1.165) is 28.2 Å². The van der Waals surface area contributed by atoms with Crippen LogP contribution >= 0.6 is 0 Å². The number of halogens is 2. The van der Waals surface area contributed by atoms with E-state index in [1.54, 1.807) is 11.1 Å². The second-order valence-corrected chi connectivity index (χ2v) is 9.71. The maximum atomic E-state index is 14.2. The fourth-order valence-corrected chi connectivity index (χ4v) is 5.24. The summed E-state index contributed by atoms with van der Waals surface area (Å²) < 4.78 is 28.4. The van der Waals surface area contributed by atoms with E-state index < -0.39 is 11.6 Å². The zero-order valence-electron chi connectivity index (χ0n) is 20.2. The number of fused-ring (bicyclic) bond motifs is 1. The predicted octanol–water partition coefficient (Wildman–Crippen LogP) is 3.01. The Labute approximate surface area is 208 Å². The maximum absolute atomic E-state index is 14.2. The molecule has 5 rings (SSSR count). The molecule has 2 aliphatic rings. The Morgan fingerprint density at radius 2 is 2.06 bits per heavy atom. The average molecular weight is 497 g/mol. The second-order valence-electron chi connectivity index (χ2n) is 9.71. The van der Waals surface area contributed by atoms with Crippen LogP contribution in [0, 0.1) is 24.5 Å². The van der Waals surface area contributed by atoms with Crippen LogP contribution in [-0.2, 0) is 19.5 Å². The summed E-state index contributed by atoms with van der Waals surface area (Å²) in [7, 11) is 0. The number of aliphatic hydroxyl groups is 1. The quantitative estimate of drug-likeness (QED) is 0.505. The van der Waals surface area contributed by atoms with Crippen molar-refractivity contribution in [1.29, 1.82) is 0 Å². The molecule has 0 bridgehead atoms. The topological polar surface area (TPSA) is 97.4 Å². The summed E-state index contributed by atoms with van der Waals surface area (Å²) in [6.45, 7) is 3.88. The molecular weight excluding hydrogens is 466 g/mol. The highest BCUT2D eigenvalue weighted by molar-refractivity contribution is 5.76. The number of aliphatic hydroxyl groups excluding tert-OH is 1. The number of H-pyrrole nitrogens is 1. The highest BCUT2D eigenvalue weighted by Crippen LogP contribution is 2.29. The number of pyridine rings is 1. The van der Waals surface area contributed by atoms with Gasteiger partial charge in [0.15, 0.2) is 0 Å². The van der Waals surface area contributed by atoms with Gasteiger partial charge in [0.25, 0.3) is 0 Å². The van der Waals surface area contributed by atoms with Gasteiger partial charge >= 0.3 is 6.03 Å². The zero-order valence-corrected chi connectivity index (χ0v) is 20.2. The number of urea groups is 1. The van der Waals surface area contributed by atoms with Crippen LogP contribution in [0.5, 0.6) is 0 Å². The monoisotopic (exact) mass is 496 g/mol. The molecule has 2 aromatic heterocycles. The van der Waals surface area contributed by atoms with E-state index in [2.05, 4.69) is 20.5 Å². The van der Waals surface area contributed by atoms with Crippen LogP contribution in [0.25, 0.3) is 11.3 Å². The smallest absolute Gasteiger partial charge is 0.317 e. The molecule has 190 valence electrons. The van der Waals surface area contributed by atoms with Gasteiger partial charge in [-0.2, -0.15) is 5.10 Å².